The summed E-state index contributed by atoms with van der Waals surface area (Å²) >= 11 is 0. The van der Waals surface area contributed by atoms with Gasteiger partial charge < -0.3 is 15.1 Å². The van der Waals surface area contributed by atoms with Crippen LogP contribution in [0.15, 0.2) is 0 Å². The molecule has 0 unspecified atom stereocenters. The second kappa shape index (κ2) is 7.59. The van der Waals surface area contributed by atoms with Crippen LogP contribution in [0.1, 0.15) is 51.4 Å². The second-order valence-corrected chi connectivity index (χ2v) is 7.29. The Labute approximate surface area is 130 Å². The molecule has 0 aromatic carbocycles. The van der Waals surface area contributed by atoms with Crippen LogP contribution < -0.4 is 5.32 Å². The normalized spacial score (nSPS) is 24.0. The summed E-state index contributed by atoms with van der Waals surface area (Å²) in [6.45, 7) is 3.28. The molecule has 4 nitrogen and oxygen atoms in total. The smallest absolute Gasteiger partial charge is 0.224 e. The van der Waals surface area contributed by atoms with Crippen LogP contribution in [0.3, 0.4) is 0 Å². The van der Waals surface area contributed by atoms with E-state index in [-0.39, 0.29) is 5.54 Å². The van der Waals surface area contributed by atoms with Gasteiger partial charge in [0, 0.05) is 25.6 Å². The number of hydrogen-bond acceptors (Lipinski definition) is 3. The molecule has 0 atom stereocenters. The number of amides is 1. The molecule has 1 saturated carbocycles. The first-order chi connectivity index (χ1) is 10.0. The Bertz CT molecular complexity index is 331. The number of carbonyl (C=O) groups is 1. The molecule has 0 aromatic heterocycles. The first-order valence-electron chi connectivity index (χ1n) is 8.66. The van der Waals surface area contributed by atoms with Gasteiger partial charge in [0.05, 0.1) is 0 Å². The van der Waals surface area contributed by atoms with Gasteiger partial charge in [-0.3, -0.25) is 4.79 Å². The molecular weight excluding hydrogens is 262 g/mol. The molecule has 2 rings (SSSR count). The summed E-state index contributed by atoms with van der Waals surface area (Å²) in [6.07, 6.45) is 9.26. The van der Waals surface area contributed by atoms with E-state index >= 15 is 0 Å². The third-order valence-corrected chi connectivity index (χ3v) is 5.63. The van der Waals surface area contributed by atoms with Crippen molar-refractivity contribution in [1.29, 1.82) is 0 Å². The fourth-order valence-electron chi connectivity index (χ4n) is 3.90. The van der Waals surface area contributed by atoms with Crippen LogP contribution in [0.25, 0.3) is 0 Å². The van der Waals surface area contributed by atoms with Crippen molar-refractivity contribution in [1.82, 2.24) is 15.1 Å². The van der Waals surface area contributed by atoms with Gasteiger partial charge in [0.2, 0.25) is 5.91 Å². The van der Waals surface area contributed by atoms with Gasteiger partial charge in [0.1, 0.15) is 0 Å². The molecule has 0 spiro atoms. The lowest BCUT2D eigenvalue weighted by Gasteiger charge is -2.38. The predicted molar refractivity (Wildman–Crippen MR) is 87.4 cm³/mol. The molecule has 1 N–H and O–H groups in total. The highest BCUT2D eigenvalue weighted by atomic mass is 16.2. The zero-order valence-corrected chi connectivity index (χ0v) is 14.2. The van der Waals surface area contributed by atoms with E-state index in [2.05, 4.69) is 17.3 Å². The lowest BCUT2D eigenvalue weighted by molar-refractivity contribution is -0.132. The Kier molecular flexibility index (Phi) is 6.06. The molecule has 0 aromatic rings. The van der Waals surface area contributed by atoms with Crippen molar-refractivity contribution >= 4 is 5.91 Å². The van der Waals surface area contributed by atoms with E-state index in [1.165, 1.54) is 45.2 Å². The molecule has 122 valence electrons. The van der Waals surface area contributed by atoms with E-state index in [0.717, 1.165) is 19.4 Å². The molecule has 1 aliphatic carbocycles. The molecule has 0 radical (unpaired) electrons. The topological polar surface area (TPSA) is 35.6 Å². The first kappa shape index (κ1) is 16.8. The van der Waals surface area contributed by atoms with E-state index in [9.17, 15) is 4.79 Å². The van der Waals surface area contributed by atoms with Gasteiger partial charge in [-0.2, -0.15) is 0 Å². The molecular formula is C17H33N3O. The Hall–Kier alpha value is -0.610. The number of rotatable bonds is 5. The van der Waals surface area contributed by atoms with Crippen molar-refractivity contribution in [2.75, 3.05) is 40.8 Å². The van der Waals surface area contributed by atoms with Gasteiger partial charge in [-0.1, -0.05) is 19.3 Å². The van der Waals surface area contributed by atoms with E-state index in [1.54, 1.807) is 0 Å². The summed E-state index contributed by atoms with van der Waals surface area (Å²) in [5, 5.41) is 3.46. The largest absolute Gasteiger partial charge is 0.345 e. The fraction of sp³-hybridized carbons (Fsp3) is 0.941. The Morgan fingerprint density at radius 2 is 1.86 bits per heavy atom. The van der Waals surface area contributed by atoms with Crippen LogP contribution >= 0.6 is 0 Å². The highest BCUT2D eigenvalue weighted by Gasteiger charge is 2.33. The minimum atomic E-state index is 0.0658. The van der Waals surface area contributed by atoms with Gasteiger partial charge in [0.15, 0.2) is 0 Å². The van der Waals surface area contributed by atoms with Gasteiger partial charge in [-0.15, -0.1) is 0 Å². The van der Waals surface area contributed by atoms with E-state index in [0.29, 0.717) is 18.2 Å². The Morgan fingerprint density at radius 1 is 1.24 bits per heavy atom. The van der Waals surface area contributed by atoms with Crippen molar-refractivity contribution in [2.45, 2.75) is 56.9 Å². The number of piperidine rings is 1. The average Bonchev–Trinajstić information content (AvgIpc) is 2.50. The van der Waals surface area contributed by atoms with Crippen molar-refractivity contribution < 1.29 is 4.79 Å². The van der Waals surface area contributed by atoms with Crippen molar-refractivity contribution in [3.8, 4) is 0 Å². The molecule has 4 heteroatoms. The third kappa shape index (κ3) is 4.68. The summed E-state index contributed by atoms with van der Waals surface area (Å²) in [4.78, 5) is 17.0. The number of nitrogens with one attached hydrogen (secondary N) is 1. The Morgan fingerprint density at radius 3 is 2.43 bits per heavy atom. The SMILES string of the molecule is CNC1(CC(=O)N(C)CC2CCN(C)CC2)CCCCC1. The monoisotopic (exact) mass is 295 g/mol. The van der Waals surface area contributed by atoms with Gasteiger partial charge in [-0.05, 0) is 58.8 Å². The molecule has 0 bridgehead atoms. The molecule has 1 heterocycles. The van der Waals surface area contributed by atoms with Gasteiger partial charge >= 0.3 is 0 Å². The number of carbonyl (C=O) groups excluding carboxylic acids is 1. The molecule has 2 aliphatic rings. The highest BCUT2D eigenvalue weighted by molar-refractivity contribution is 5.77. The molecule has 1 amide bonds. The van der Waals surface area contributed by atoms with Gasteiger partial charge in [0.25, 0.3) is 0 Å². The molecule has 1 aliphatic heterocycles. The number of likely N-dealkylation sites (tertiary alicyclic amines) is 1. The number of nitrogens with zero attached hydrogens (tertiary/aromatic N) is 2. The third-order valence-electron chi connectivity index (χ3n) is 5.63. The van der Waals surface area contributed by atoms with Crippen molar-refractivity contribution in [3.63, 3.8) is 0 Å². The van der Waals surface area contributed by atoms with E-state index in [1.807, 2.05) is 19.0 Å². The summed E-state index contributed by atoms with van der Waals surface area (Å²) < 4.78 is 0. The summed E-state index contributed by atoms with van der Waals surface area (Å²) in [6, 6.07) is 0. The maximum Gasteiger partial charge on any atom is 0.224 e. The zero-order valence-electron chi connectivity index (χ0n) is 14.2. The lowest BCUT2D eigenvalue weighted by Crippen LogP contribution is -2.49. The first-order valence-corrected chi connectivity index (χ1v) is 8.66. The quantitative estimate of drug-likeness (QED) is 0.844. The van der Waals surface area contributed by atoms with Crippen LogP contribution in [0.4, 0.5) is 0 Å². The van der Waals surface area contributed by atoms with Crippen molar-refractivity contribution in [3.05, 3.63) is 0 Å². The van der Waals surface area contributed by atoms with Crippen LogP contribution in [-0.4, -0.2) is 62.0 Å². The predicted octanol–water partition coefficient (Wildman–Crippen LogP) is 2.10. The maximum atomic E-state index is 12.6. The summed E-state index contributed by atoms with van der Waals surface area (Å²) in [7, 11) is 6.20. The van der Waals surface area contributed by atoms with Crippen LogP contribution in [-0.2, 0) is 4.79 Å². The molecule has 2 fully saturated rings. The van der Waals surface area contributed by atoms with Crippen LogP contribution in [0.5, 0.6) is 0 Å². The van der Waals surface area contributed by atoms with E-state index < -0.39 is 0 Å². The highest BCUT2D eigenvalue weighted by Crippen LogP contribution is 2.31. The van der Waals surface area contributed by atoms with Crippen LogP contribution in [0.2, 0.25) is 0 Å². The summed E-state index contributed by atoms with van der Waals surface area (Å²) in [5.41, 5.74) is 0.0658. The fourth-order valence-corrected chi connectivity index (χ4v) is 3.90. The lowest BCUT2D eigenvalue weighted by atomic mass is 9.79. The zero-order chi connectivity index (χ0) is 15.3. The average molecular weight is 295 g/mol. The standard InChI is InChI=1S/C17H33N3O/c1-18-17(9-5-4-6-10-17)13-16(21)20(3)14-15-7-11-19(2)12-8-15/h15,18H,4-14H2,1-3H3. The molecule has 1 saturated heterocycles. The van der Waals surface area contributed by atoms with Crippen molar-refractivity contribution in [2.24, 2.45) is 5.92 Å². The molecule has 21 heavy (non-hydrogen) atoms. The minimum Gasteiger partial charge on any atom is -0.345 e. The van der Waals surface area contributed by atoms with Gasteiger partial charge in [-0.25, -0.2) is 0 Å². The summed E-state index contributed by atoms with van der Waals surface area (Å²) in [5.74, 6) is 1.01. The Balaban J connectivity index is 1.81. The van der Waals surface area contributed by atoms with E-state index in [4.69, 9.17) is 0 Å². The van der Waals surface area contributed by atoms with Crippen LogP contribution in [0, 0.1) is 5.92 Å². The second-order valence-electron chi connectivity index (χ2n) is 7.29. The minimum absolute atomic E-state index is 0.0658. The maximum absolute atomic E-state index is 12.6. The number of hydrogen-bond donors (Lipinski definition) is 1.